The fourth-order valence-electron chi connectivity index (χ4n) is 3.40. The van der Waals surface area contributed by atoms with Crippen LogP contribution in [-0.2, 0) is 6.54 Å². The second kappa shape index (κ2) is 6.57. The summed E-state index contributed by atoms with van der Waals surface area (Å²) in [6.45, 7) is 0.726. The summed E-state index contributed by atoms with van der Waals surface area (Å²) >= 11 is 0. The summed E-state index contributed by atoms with van der Waals surface area (Å²) in [6.07, 6.45) is 7.27. The number of furan rings is 1. The number of rotatable bonds is 4. The van der Waals surface area contributed by atoms with Gasteiger partial charge in [-0.2, -0.15) is 0 Å². The lowest BCUT2D eigenvalue weighted by Gasteiger charge is -2.11. The van der Waals surface area contributed by atoms with E-state index in [-0.39, 0.29) is 0 Å². The highest BCUT2D eigenvalue weighted by Gasteiger charge is 2.08. The van der Waals surface area contributed by atoms with Gasteiger partial charge in [0.15, 0.2) is 0 Å². The van der Waals surface area contributed by atoms with Crippen molar-refractivity contribution in [2.24, 2.45) is 0 Å². The molecule has 2 aromatic carbocycles. The highest BCUT2D eigenvalue weighted by molar-refractivity contribution is 5.95. The molecule has 0 saturated heterocycles. The van der Waals surface area contributed by atoms with E-state index in [9.17, 15) is 0 Å². The molecule has 0 aliphatic carbocycles. The number of hydrogen-bond acceptors (Lipinski definition) is 4. The third-order valence-electron chi connectivity index (χ3n) is 4.74. The minimum atomic E-state index is 0.726. The van der Waals surface area contributed by atoms with Crippen LogP contribution < -0.4 is 5.32 Å². The number of nitrogens with one attached hydrogen (secondary N) is 1. The maximum atomic E-state index is 5.58. The first kappa shape index (κ1) is 15.6. The third-order valence-corrected chi connectivity index (χ3v) is 4.74. The highest BCUT2D eigenvalue weighted by atomic mass is 16.3. The molecule has 1 N–H and O–H groups in total. The van der Waals surface area contributed by atoms with Crippen LogP contribution in [0.15, 0.2) is 89.9 Å². The minimum absolute atomic E-state index is 0.726. The standard InChI is InChI=1S/C23H17N3O/c1-2-5-21-18(4-1)22(9-10-25-21)26-13-16-7-8-17-14-24-15-20(19(17)12-16)23-6-3-11-27-23/h1-12,14-15H,13H2,(H,25,26). The van der Waals surface area contributed by atoms with Gasteiger partial charge in [0.1, 0.15) is 5.76 Å². The number of anilines is 1. The van der Waals surface area contributed by atoms with Crippen LogP contribution in [0.2, 0.25) is 0 Å². The van der Waals surface area contributed by atoms with E-state index in [1.807, 2.05) is 55.0 Å². The first-order chi connectivity index (χ1) is 13.4. The molecule has 4 heteroatoms. The Morgan fingerprint density at radius 2 is 1.85 bits per heavy atom. The van der Waals surface area contributed by atoms with Crippen molar-refractivity contribution >= 4 is 27.4 Å². The lowest BCUT2D eigenvalue weighted by atomic mass is 10.0. The van der Waals surface area contributed by atoms with Crippen molar-refractivity contribution in [3.8, 4) is 11.3 Å². The zero-order chi connectivity index (χ0) is 18.1. The van der Waals surface area contributed by atoms with E-state index in [2.05, 4.69) is 39.6 Å². The average Bonchev–Trinajstić information content (AvgIpc) is 3.26. The fourth-order valence-corrected chi connectivity index (χ4v) is 3.40. The van der Waals surface area contributed by atoms with Crippen LogP contribution in [-0.4, -0.2) is 9.97 Å². The molecule has 27 heavy (non-hydrogen) atoms. The summed E-state index contributed by atoms with van der Waals surface area (Å²) in [5.74, 6) is 0.832. The van der Waals surface area contributed by atoms with E-state index in [0.717, 1.165) is 45.2 Å². The zero-order valence-corrected chi connectivity index (χ0v) is 14.6. The zero-order valence-electron chi connectivity index (χ0n) is 14.6. The molecule has 0 radical (unpaired) electrons. The molecule has 3 heterocycles. The Balaban J connectivity index is 1.49. The predicted molar refractivity (Wildman–Crippen MR) is 109 cm³/mol. The van der Waals surface area contributed by atoms with Crippen molar-refractivity contribution in [2.45, 2.75) is 6.54 Å². The Morgan fingerprint density at radius 1 is 0.889 bits per heavy atom. The van der Waals surface area contributed by atoms with Crippen LogP contribution in [0.4, 0.5) is 5.69 Å². The van der Waals surface area contributed by atoms with Gasteiger partial charge in [0.25, 0.3) is 0 Å². The molecule has 0 fully saturated rings. The molecule has 0 atom stereocenters. The van der Waals surface area contributed by atoms with Crippen LogP contribution >= 0.6 is 0 Å². The van der Waals surface area contributed by atoms with Crippen LogP contribution in [0.5, 0.6) is 0 Å². The molecule has 0 amide bonds. The van der Waals surface area contributed by atoms with E-state index in [1.54, 1.807) is 6.26 Å². The molecule has 0 aliphatic rings. The maximum absolute atomic E-state index is 5.58. The number of hydrogen-bond donors (Lipinski definition) is 1. The van der Waals surface area contributed by atoms with Crippen LogP contribution in [0.25, 0.3) is 33.0 Å². The largest absolute Gasteiger partial charge is 0.464 e. The number of nitrogens with zero attached hydrogens (tertiary/aromatic N) is 2. The van der Waals surface area contributed by atoms with Crippen molar-refractivity contribution in [2.75, 3.05) is 5.32 Å². The van der Waals surface area contributed by atoms with Gasteiger partial charge in [-0.25, -0.2) is 0 Å². The van der Waals surface area contributed by atoms with E-state index in [0.29, 0.717) is 0 Å². The molecule has 4 nitrogen and oxygen atoms in total. The third kappa shape index (κ3) is 2.91. The Kier molecular flexibility index (Phi) is 3.79. The van der Waals surface area contributed by atoms with Gasteiger partial charge >= 0.3 is 0 Å². The summed E-state index contributed by atoms with van der Waals surface area (Å²) in [6, 6.07) is 20.5. The Labute approximate surface area is 156 Å². The molecule has 130 valence electrons. The number of pyridine rings is 2. The first-order valence-corrected chi connectivity index (χ1v) is 8.87. The predicted octanol–water partition coefficient (Wildman–Crippen LogP) is 5.66. The quantitative estimate of drug-likeness (QED) is 0.454. The SMILES string of the molecule is c1coc(-c2cncc3ccc(CNc4ccnc5ccccc45)cc23)c1. The molecule has 5 aromatic rings. The van der Waals surface area contributed by atoms with Gasteiger partial charge in [0.05, 0.1) is 11.8 Å². The van der Waals surface area contributed by atoms with Crippen molar-refractivity contribution < 1.29 is 4.42 Å². The molecular formula is C23H17N3O. The summed E-state index contributed by atoms with van der Waals surface area (Å²) in [4.78, 5) is 8.76. The van der Waals surface area contributed by atoms with Gasteiger partial charge in [-0.3, -0.25) is 9.97 Å². The second-order valence-electron chi connectivity index (χ2n) is 6.45. The van der Waals surface area contributed by atoms with E-state index < -0.39 is 0 Å². The summed E-state index contributed by atoms with van der Waals surface area (Å²) in [7, 11) is 0. The number of aromatic nitrogens is 2. The normalized spacial score (nSPS) is 11.1. The molecule has 3 aromatic heterocycles. The molecule has 0 aliphatic heterocycles. The summed E-state index contributed by atoms with van der Waals surface area (Å²) < 4.78 is 5.58. The first-order valence-electron chi connectivity index (χ1n) is 8.87. The van der Waals surface area contributed by atoms with Crippen molar-refractivity contribution in [1.82, 2.24) is 9.97 Å². The van der Waals surface area contributed by atoms with Crippen LogP contribution in [0.3, 0.4) is 0 Å². The highest BCUT2D eigenvalue weighted by Crippen LogP contribution is 2.29. The number of fused-ring (bicyclic) bond motifs is 2. The van der Waals surface area contributed by atoms with E-state index in [4.69, 9.17) is 4.42 Å². The molecule has 0 spiro atoms. The topological polar surface area (TPSA) is 51.0 Å². The monoisotopic (exact) mass is 351 g/mol. The molecule has 0 saturated carbocycles. The van der Waals surface area contributed by atoms with Gasteiger partial charge in [-0.15, -0.1) is 0 Å². The summed E-state index contributed by atoms with van der Waals surface area (Å²) in [5, 5.41) is 6.91. The van der Waals surface area contributed by atoms with Crippen molar-refractivity contribution in [3.05, 3.63) is 91.1 Å². The minimum Gasteiger partial charge on any atom is -0.464 e. The molecular weight excluding hydrogens is 334 g/mol. The lowest BCUT2D eigenvalue weighted by Crippen LogP contribution is -2.00. The summed E-state index contributed by atoms with van der Waals surface area (Å²) in [5.41, 5.74) is 4.28. The fraction of sp³-hybridized carbons (Fsp3) is 0.0435. The maximum Gasteiger partial charge on any atom is 0.136 e. The van der Waals surface area contributed by atoms with Gasteiger partial charge in [0.2, 0.25) is 0 Å². The lowest BCUT2D eigenvalue weighted by molar-refractivity contribution is 0.582. The Morgan fingerprint density at radius 3 is 2.78 bits per heavy atom. The van der Waals surface area contributed by atoms with Gasteiger partial charge in [-0.05, 0) is 41.3 Å². The van der Waals surface area contributed by atoms with Crippen molar-refractivity contribution in [1.29, 1.82) is 0 Å². The number of para-hydroxylation sites is 1. The van der Waals surface area contributed by atoms with Gasteiger partial charge in [0, 0.05) is 47.2 Å². The van der Waals surface area contributed by atoms with E-state index in [1.165, 1.54) is 5.56 Å². The molecule has 0 bridgehead atoms. The van der Waals surface area contributed by atoms with E-state index >= 15 is 0 Å². The van der Waals surface area contributed by atoms with Gasteiger partial charge in [-0.1, -0.05) is 30.3 Å². The number of benzene rings is 2. The molecule has 5 rings (SSSR count). The smallest absolute Gasteiger partial charge is 0.136 e. The Hall–Kier alpha value is -3.66. The van der Waals surface area contributed by atoms with Crippen LogP contribution in [0.1, 0.15) is 5.56 Å². The van der Waals surface area contributed by atoms with Crippen molar-refractivity contribution in [3.63, 3.8) is 0 Å². The molecule has 0 unspecified atom stereocenters. The van der Waals surface area contributed by atoms with Gasteiger partial charge < -0.3 is 9.73 Å². The van der Waals surface area contributed by atoms with Crippen LogP contribution in [0, 0.1) is 0 Å². The average molecular weight is 351 g/mol. The Bertz CT molecular complexity index is 1220. The second-order valence-corrected chi connectivity index (χ2v) is 6.45.